The average molecular weight is 206 g/mol. The summed E-state index contributed by atoms with van der Waals surface area (Å²) in [7, 11) is 0. The molecule has 0 spiro atoms. The first-order valence-corrected chi connectivity index (χ1v) is 5.45. The zero-order chi connectivity index (χ0) is 9.97. The molecule has 0 aliphatic carbocycles. The highest BCUT2D eigenvalue weighted by Crippen LogP contribution is 2.17. The van der Waals surface area contributed by atoms with Gasteiger partial charge in [-0.1, -0.05) is 19.1 Å². The second kappa shape index (κ2) is 3.88. The molecule has 0 aliphatic heterocycles. The lowest BCUT2D eigenvalue weighted by molar-refractivity contribution is 0.587. The summed E-state index contributed by atoms with van der Waals surface area (Å²) in [5.74, 6) is 0.878. The molecule has 0 N–H and O–H groups in total. The maximum atomic E-state index is 11.8. The zero-order valence-electron chi connectivity index (χ0n) is 7.82. The number of rotatable bonds is 2. The van der Waals surface area contributed by atoms with Gasteiger partial charge in [0, 0.05) is 0 Å². The van der Waals surface area contributed by atoms with Crippen molar-refractivity contribution in [1.82, 2.24) is 0 Å². The smallest absolute Gasteiger partial charge is 0.206 e. The van der Waals surface area contributed by atoms with E-state index in [9.17, 15) is 4.79 Å². The van der Waals surface area contributed by atoms with Gasteiger partial charge < -0.3 is 4.42 Å². The molecule has 0 saturated carbocycles. The molecule has 0 fully saturated rings. The summed E-state index contributed by atoms with van der Waals surface area (Å²) < 4.78 is 5.36. The third-order valence-corrected chi connectivity index (χ3v) is 2.83. The van der Waals surface area contributed by atoms with Gasteiger partial charge in [-0.05, 0) is 17.9 Å². The Morgan fingerprint density at radius 1 is 1.36 bits per heavy atom. The molecule has 1 aromatic carbocycles. The predicted molar refractivity (Wildman–Crippen MR) is 58.9 cm³/mol. The van der Waals surface area contributed by atoms with Gasteiger partial charge >= 0.3 is 0 Å². The minimum Gasteiger partial charge on any atom is -0.463 e. The van der Waals surface area contributed by atoms with Crippen LogP contribution >= 0.6 is 11.8 Å². The molecule has 3 heteroatoms. The Morgan fingerprint density at radius 3 is 2.93 bits per heavy atom. The molecule has 14 heavy (non-hydrogen) atoms. The zero-order valence-corrected chi connectivity index (χ0v) is 8.64. The Hall–Kier alpha value is -1.22. The molecule has 0 atom stereocenters. The SMILES string of the molecule is CCSc1coc2ccccc2c1=O. The first-order valence-electron chi connectivity index (χ1n) is 4.46. The van der Waals surface area contributed by atoms with Crippen LogP contribution in [0.15, 0.2) is 44.6 Å². The minimum absolute atomic E-state index is 0.0682. The molecule has 72 valence electrons. The molecule has 0 radical (unpaired) electrons. The molecule has 2 aromatic rings. The second-order valence-corrected chi connectivity index (χ2v) is 4.16. The summed E-state index contributed by atoms with van der Waals surface area (Å²) in [6, 6.07) is 7.30. The molecule has 0 bridgehead atoms. The van der Waals surface area contributed by atoms with Crippen LogP contribution in [-0.4, -0.2) is 5.75 Å². The van der Waals surface area contributed by atoms with Gasteiger partial charge in [-0.15, -0.1) is 11.8 Å². The number of benzene rings is 1. The summed E-state index contributed by atoms with van der Waals surface area (Å²) in [6.45, 7) is 2.01. The fraction of sp³-hybridized carbons (Fsp3) is 0.182. The summed E-state index contributed by atoms with van der Waals surface area (Å²) in [4.78, 5) is 12.5. The molecular formula is C11H10O2S. The van der Waals surface area contributed by atoms with Crippen molar-refractivity contribution in [1.29, 1.82) is 0 Å². The highest BCUT2D eigenvalue weighted by Gasteiger charge is 2.05. The van der Waals surface area contributed by atoms with Crippen LogP contribution < -0.4 is 5.43 Å². The molecule has 0 saturated heterocycles. The standard InChI is InChI=1S/C11H10O2S/c1-2-14-10-7-13-9-6-4-3-5-8(9)11(10)12/h3-7H,2H2,1H3. The van der Waals surface area contributed by atoms with E-state index in [2.05, 4.69) is 0 Å². The van der Waals surface area contributed by atoms with E-state index >= 15 is 0 Å². The molecule has 0 unspecified atom stereocenters. The van der Waals surface area contributed by atoms with Gasteiger partial charge in [-0.3, -0.25) is 4.79 Å². The number of para-hydroxylation sites is 1. The van der Waals surface area contributed by atoms with Gasteiger partial charge in [0.25, 0.3) is 0 Å². The van der Waals surface area contributed by atoms with Crippen molar-refractivity contribution in [3.8, 4) is 0 Å². The maximum absolute atomic E-state index is 11.8. The van der Waals surface area contributed by atoms with Crippen LogP contribution in [0, 0.1) is 0 Å². The monoisotopic (exact) mass is 206 g/mol. The summed E-state index contributed by atoms with van der Waals surface area (Å²) in [5.41, 5.74) is 0.719. The molecule has 0 aliphatic rings. The van der Waals surface area contributed by atoms with Crippen LogP contribution in [0.25, 0.3) is 11.0 Å². The number of thioether (sulfide) groups is 1. The molecular weight excluding hydrogens is 196 g/mol. The van der Waals surface area contributed by atoms with E-state index in [1.165, 1.54) is 11.8 Å². The number of hydrogen-bond donors (Lipinski definition) is 0. The molecule has 1 heterocycles. The predicted octanol–water partition coefficient (Wildman–Crippen LogP) is 2.91. The Kier molecular flexibility index (Phi) is 2.59. The van der Waals surface area contributed by atoms with Crippen LogP contribution in [0.1, 0.15) is 6.92 Å². The quantitative estimate of drug-likeness (QED) is 0.708. The van der Waals surface area contributed by atoms with E-state index < -0.39 is 0 Å². The van der Waals surface area contributed by atoms with Crippen molar-refractivity contribution >= 4 is 22.7 Å². The lowest BCUT2D eigenvalue weighted by Crippen LogP contribution is -2.03. The molecule has 0 amide bonds. The Morgan fingerprint density at radius 2 is 2.14 bits per heavy atom. The topological polar surface area (TPSA) is 30.2 Å². The van der Waals surface area contributed by atoms with Crippen molar-refractivity contribution in [2.75, 3.05) is 5.75 Å². The minimum atomic E-state index is 0.0682. The van der Waals surface area contributed by atoms with Gasteiger partial charge in [0.05, 0.1) is 10.3 Å². The number of hydrogen-bond acceptors (Lipinski definition) is 3. The normalized spacial score (nSPS) is 10.6. The van der Waals surface area contributed by atoms with Gasteiger partial charge in [0.1, 0.15) is 11.8 Å². The lowest BCUT2D eigenvalue weighted by Gasteiger charge is -1.99. The summed E-state index contributed by atoms with van der Waals surface area (Å²) in [5, 5.41) is 0.658. The Bertz CT molecular complexity index is 502. The van der Waals surface area contributed by atoms with Crippen molar-refractivity contribution < 1.29 is 4.42 Å². The molecule has 2 nitrogen and oxygen atoms in total. The van der Waals surface area contributed by atoms with E-state index in [1.54, 1.807) is 18.4 Å². The largest absolute Gasteiger partial charge is 0.463 e. The van der Waals surface area contributed by atoms with E-state index in [0.29, 0.717) is 15.9 Å². The van der Waals surface area contributed by atoms with E-state index in [0.717, 1.165) is 5.75 Å². The highest BCUT2D eigenvalue weighted by atomic mass is 32.2. The third-order valence-electron chi connectivity index (χ3n) is 1.95. The van der Waals surface area contributed by atoms with Gasteiger partial charge in [-0.2, -0.15) is 0 Å². The summed E-state index contributed by atoms with van der Waals surface area (Å²) >= 11 is 1.51. The second-order valence-electron chi connectivity index (χ2n) is 2.86. The van der Waals surface area contributed by atoms with Crippen LogP contribution in [0.5, 0.6) is 0 Å². The van der Waals surface area contributed by atoms with Crippen LogP contribution in [0.4, 0.5) is 0 Å². The average Bonchev–Trinajstić information content (AvgIpc) is 2.23. The van der Waals surface area contributed by atoms with Gasteiger partial charge in [0.2, 0.25) is 5.43 Å². The van der Waals surface area contributed by atoms with E-state index in [1.807, 2.05) is 19.1 Å². The first-order chi connectivity index (χ1) is 6.83. The van der Waals surface area contributed by atoms with Crippen molar-refractivity contribution in [2.45, 2.75) is 11.8 Å². The molecule has 1 aromatic heterocycles. The van der Waals surface area contributed by atoms with Crippen molar-refractivity contribution in [3.05, 3.63) is 40.8 Å². The van der Waals surface area contributed by atoms with Crippen LogP contribution in [-0.2, 0) is 0 Å². The number of fused-ring (bicyclic) bond motifs is 1. The van der Waals surface area contributed by atoms with Crippen molar-refractivity contribution in [3.63, 3.8) is 0 Å². The maximum Gasteiger partial charge on any atom is 0.206 e. The Balaban J connectivity index is 2.69. The van der Waals surface area contributed by atoms with E-state index in [-0.39, 0.29) is 5.43 Å². The molecule has 2 rings (SSSR count). The third kappa shape index (κ3) is 1.55. The highest BCUT2D eigenvalue weighted by molar-refractivity contribution is 7.99. The van der Waals surface area contributed by atoms with Crippen LogP contribution in [0.2, 0.25) is 0 Å². The Labute approximate surface area is 85.9 Å². The van der Waals surface area contributed by atoms with Crippen LogP contribution in [0.3, 0.4) is 0 Å². The summed E-state index contributed by atoms with van der Waals surface area (Å²) in [6.07, 6.45) is 1.54. The fourth-order valence-electron chi connectivity index (χ4n) is 1.32. The lowest BCUT2D eigenvalue weighted by atomic mass is 10.2. The van der Waals surface area contributed by atoms with Gasteiger partial charge in [-0.25, -0.2) is 0 Å². The van der Waals surface area contributed by atoms with Gasteiger partial charge in [0.15, 0.2) is 0 Å². The first kappa shape index (κ1) is 9.34. The fourth-order valence-corrected chi connectivity index (χ4v) is 1.98. The van der Waals surface area contributed by atoms with E-state index in [4.69, 9.17) is 4.42 Å². The van der Waals surface area contributed by atoms with Crippen molar-refractivity contribution in [2.24, 2.45) is 0 Å².